The van der Waals surface area contributed by atoms with Crippen molar-refractivity contribution in [3.8, 4) is 0 Å². The second-order valence-corrected chi connectivity index (χ2v) is 10.2. The van der Waals surface area contributed by atoms with Crippen LogP contribution in [0.5, 0.6) is 0 Å². The molecule has 0 saturated heterocycles. The van der Waals surface area contributed by atoms with Crippen LogP contribution in [0.4, 0.5) is 0 Å². The van der Waals surface area contributed by atoms with E-state index in [1.807, 2.05) is 0 Å². The molecule has 0 saturated carbocycles. The quantitative estimate of drug-likeness (QED) is 0.517. The van der Waals surface area contributed by atoms with Crippen LogP contribution in [0.15, 0.2) is 91.0 Å². The van der Waals surface area contributed by atoms with Crippen LogP contribution in [-0.4, -0.2) is 17.9 Å². The van der Waals surface area contributed by atoms with E-state index in [-0.39, 0.29) is 6.61 Å². The Labute approximate surface area is 145 Å². The zero-order chi connectivity index (χ0) is 16.7. The van der Waals surface area contributed by atoms with Crippen LogP contribution in [-0.2, 0) is 0 Å². The zero-order valence-corrected chi connectivity index (χ0v) is 14.9. The maximum atomic E-state index is 9.29. The molecule has 0 bridgehead atoms. The van der Waals surface area contributed by atoms with Gasteiger partial charge >= 0.3 is 145 Å². The summed E-state index contributed by atoms with van der Waals surface area (Å²) in [4.78, 5) is 0. The average Bonchev–Trinajstić information content (AvgIpc) is 2.68. The summed E-state index contributed by atoms with van der Waals surface area (Å²) in [6.45, 7) is 0.267. The third kappa shape index (κ3) is 3.43. The van der Waals surface area contributed by atoms with E-state index in [9.17, 15) is 5.11 Å². The third-order valence-electron chi connectivity index (χ3n) is 4.76. The zero-order valence-electron chi connectivity index (χ0n) is 13.9. The fourth-order valence-electron chi connectivity index (χ4n) is 3.60. The van der Waals surface area contributed by atoms with Gasteiger partial charge in [-0.15, -0.1) is 0 Å². The van der Waals surface area contributed by atoms with E-state index < -0.39 is 7.26 Å². The van der Waals surface area contributed by atoms with Crippen molar-refractivity contribution in [1.29, 1.82) is 0 Å². The minimum atomic E-state index is -2.07. The summed E-state index contributed by atoms with van der Waals surface area (Å²) in [5.41, 5.74) is 0. The van der Waals surface area contributed by atoms with Crippen molar-refractivity contribution in [1.82, 2.24) is 0 Å². The molecule has 0 spiro atoms. The molecule has 124 valence electrons. The molecule has 0 aliphatic heterocycles. The van der Waals surface area contributed by atoms with Gasteiger partial charge in [0, 0.05) is 0 Å². The Morgan fingerprint density at radius 2 is 0.917 bits per heavy atom. The van der Waals surface area contributed by atoms with Crippen LogP contribution in [0.2, 0.25) is 0 Å². The van der Waals surface area contributed by atoms with Crippen LogP contribution >= 0.6 is 7.26 Å². The summed E-state index contributed by atoms with van der Waals surface area (Å²) in [5.74, 6) is 0. The van der Waals surface area contributed by atoms with Gasteiger partial charge in [0.1, 0.15) is 0 Å². The Kier molecular flexibility index (Phi) is 5.80. The number of unbranched alkanes of at least 4 members (excludes halogenated alkanes) is 1. The van der Waals surface area contributed by atoms with E-state index in [0.717, 1.165) is 19.0 Å². The van der Waals surface area contributed by atoms with Crippen LogP contribution in [0.25, 0.3) is 0 Å². The van der Waals surface area contributed by atoms with E-state index >= 15 is 0 Å². The summed E-state index contributed by atoms with van der Waals surface area (Å²) in [5, 5.41) is 13.6. The predicted molar refractivity (Wildman–Crippen MR) is 108 cm³/mol. The standard InChI is InChI=1S/C22H25OP/c23-18-10-11-19-24(20-12-4-1-5-13-20,21-14-6-2-7-15-21)22-16-8-3-9-17-22/h1-9,12-17,23-24H,10-11,18-19H2. The Balaban J connectivity index is 2.20. The number of rotatable bonds is 7. The SMILES string of the molecule is OCCCC[PH](c1ccccc1)(c1ccccc1)c1ccccc1. The molecule has 0 unspecified atom stereocenters. The van der Waals surface area contributed by atoms with E-state index in [2.05, 4.69) is 91.0 Å². The molecule has 0 radical (unpaired) electrons. The third-order valence-corrected chi connectivity index (χ3v) is 9.82. The molecule has 2 heteroatoms. The Morgan fingerprint density at radius 1 is 0.542 bits per heavy atom. The van der Waals surface area contributed by atoms with Gasteiger partial charge in [-0.25, -0.2) is 0 Å². The fourth-order valence-corrected chi connectivity index (χ4v) is 8.53. The molecular weight excluding hydrogens is 311 g/mol. The van der Waals surface area contributed by atoms with Gasteiger partial charge in [0.2, 0.25) is 0 Å². The van der Waals surface area contributed by atoms with Crippen molar-refractivity contribution in [3.05, 3.63) is 91.0 Å². The molecule has 0 amide bonds. The average molecular weight is 336 g/mol. The number of benzene rings is 3. The van der Waals surface area contributed by atoms with Gasteiger partial charge < -0.3 is 0 Å². The topological polar surface area (TPSA) is 20.2 Å². The van der Waals surface area contributed by atoms with Crippen LogP contribution in [0, 0.1) is 0 Å². The molecular formula is C22H25OP. The molecule has 1 nitrogen and oxygen atoms in total. The Bertz CT molecular complexity index is 629. The molecule has 0 aliphatic carbocycles. The van der Waals surface area contributed by atoms with Crippen molar-refractivity contribution >= 4 is 23.2 Å². The second kappa shape index (κ2) is 8.24. The summed E-state index contributed by atoms with van der Waals surface area (Å²) in [6.07, 6.45) is 3.02. The molecule has 1 N–H and O–H groups in total. The second-order valence-electron chi connectivity index (χ2n) is 6.18. The summed E-state index contributed by atoms with van der Waals surface area (Å²) >= 11 is 0. The molecule has 0 fully saturated rings. The number of aliphatic hydroxyl groups excluding tert-OH is 1. The first-order chi connectivity index (χ1) is 11.9. The molecule has 3 aromatic carbocycles. The van der Waals surface area contributed by atoms with Crippen molar-refractivity contribution < 1.29 is 5.11 Å². The first-order valence-electron chi connectivity index (χ1n) is 8.65. The van der Waals surface area contributed by atoms with Gasteiger partial charge in [-0.2, -0.15) is 0 Å². The molecule has 0 heterocycles. The molecule has 0 atom stereocenters. The summed E-state index contributed by atoms with van der Waals surface area (Å²) in [7, 11) is -2.07. The van der Waals surface area contributed by atoms with Gasteiger partial charge in [0.05, 0.1) is 0 Å². The Hall–Kier alpha value is -1.95. The maximum absolute atomic E-state index is 9.29. The number of aliphatic hydroxyl groups is 1. The van der Waals surface area contributed by atoms with Crippen LogP contribution in [0.1, 0.15) is 12.8 Å². The molecule has 3 aromatic rings. The van der Waals surface area contributed by atoms with Crippen molar-refractivity contribution in [2.45, 2.75) is 12.8 Å². The van der Waals surface area contributed by atoms with Gasteiger partial charge in [0.25, 0.3) is 0 Å². The first kappa shape index (κ1) is 16.9. The molecule has 3 rings (SSSR count). The molecule has 0 aromatic heterocycles. The van der Waals surface area contributed by atoms with Gasteiger partial charge in [-0.1, -0.05) is 0 Å². The van der Waals surface area contributed by atoms with Crippen molar-refractivity contribution in [2.75, 3.05) is 12.8 Å². The predicted octanol–water partition coefficient (Wildman–Crippen LogP) is 3.49. The van der Waals surface area contributed by atoms with E-state index in [1.165, 1.54) is 15.9 Å². The van der Waals surface area contributed by atoms with E-state index in [0.29, 0.717) is 0 Å². The minimum absolute atomic E-state index is 0.267. The fraction of sp³-hybridized carbons (Fsp3) is 0.182. The van der Waals surface area contributed by atoms with E-state index in [1.54, 1.807) is 0 Å². The molecule has 24 heavy (non-hydrogen) atoms. The number of hydrogen-bond donors (Lipinski definition) is 1. The summed E-state index contributed by atoms with van der Waals surface area (Å²) in [6, 6.07) is 32.9. The van der Waals surface area contributed by atoms with Crippen molar-refractivity contribution in [3.63, 3.8) is 0 Å². The van der Waals surface area contributed by atoms with Crippen molar-refractivity contribution in [2.24, 2.45) is 0 Å². The molecule has 0 aliphatic rings. The van der Waals surface area contributed by atoms with Crippen LogP contribution in [0.3, 0.4) is 0 Å². The van der Waals surface area contributed by atoms with Crippen LogP contribution < -0.4 is 15.9 Å². The Morgan fingerprint density at radius 3 is 1.25 bits per heavy atom. The van der Waals surface area contributed by atoms with Gasteiger partial charge in [-0.05, 0) is 0 Å². The van der Waals surface area contributed by atoms with Gasteiger partial charge in [-0.3, -0.25) is 0 Å². The summed E-state index contributed by atoms with van der Waals surface area (Å²) < 4.78 is 0. The van der Waals surface area contributed by atoms with E-state index in [4.69, 9.17) is 0 Å². The first-order valence-corrected chi connectivity index (χ1v) is 10.9. The van der Waals surface area contributed by atoms with Gasteiger partial charge in [0.15, 0.2) is 0 Å². The normalized spacial score (nSPS) is 12.0. The monoisotopic (exact) mass is 336 g/mol. The number of hydrogen-bond acceptors (Lipinski definition) is 1.